The number of nitrogens with one attached hydrogen (secondary N) is 1. The van der Waals surface area contributed by atoms with Gasteiger partial charge in [0.2, 0.25) is 10.0 Å². The van der Waals surface area contributed by atoms with Gasteiger partial charge in [-0.05, 0) is 56.3 Å². The van der Waals surface area contributed by atoms with E-state index >= 15 is 0 Å². The fourth-order valence-corrected chi connectivity index (χ4v) is 5.91. The number of amides is 1. The topological polar surface area (TPSA) is 73.0 Å². The first-order chi connectivity index (χ1) is 15.3. The number of hydrogen-bond donors (Lipinski definition) is 1. The highest BCUT2D eigenvalue weighted by molar-refractivity contribution is 7.89. The van der Waals surface area contributed by atoms with Crippen LogP contribution in [0.5, 0.6) is 0 Å². The molecule has 0 spiro atoms. The summed E-state index contributed by atoms with van der Waals surface area (Å²) in [6, 6.07) is 11.7. The molecule has 0 aliphatic carbocycles. The van der Waals surface area contributed by atoms with Crippen molar-refractivity contribution in [3.8, 4) is 0 Å². The van der Waals surface area contributed by atoms with Crippen molar-refractivity contribution in [2.75, 3.05) is 56.5 Å². The van der Waals surface area contributed by atoms with E-state index in [1.165, 1.54) is 10.4 Å². The third-order valence-corrected chi connectivity index (χ3v) is 8.23. The van der Waals surface area contributed by atoms with Crippen LogP contribution in [0.3, 0.4) is 0 Å². The van der Waals surface area contributed by atoms with Gasteiger partial charge in [0, 0.05) is 49.9 Å². The second-order valence-corrected chi connectivity index (χ2v) is 10.8. The Morgan fingerprint density at radius 2 is 1.66 bits per heavy atom. The van der Waals surface area contributed by atoms with Gasteiger partial charge in [-0.1, -0.05) is 24.1 Å². The highest BCUT2D eigenvalue weighted by Gasteiger charge is 2.27. The van der Waals surface area contributed by atoms with Crippen LogP contribution in [0.4, 0.5) is 11.4 Å². The lowest BCUT2D eigenvalue weighted by Gasteiger charge is -2.35. The van der Waals surface area contributed by atoms with Crippen molar-refractivity contribution in [3.05, 3.63) is 53.1 Å². The molecule has 32 heavy (non-hydrogen) atoms. The number of hydrogen-bond acceptors (Lipinski definition) is 5. The maximum Gasteiger partial charge on any atom is 0.255 e. The predicted octanol–water partition coefficient (Wildman–Crippen LogP) is 3.52. The largest absolute Gasteiger partial charge is 0.367 e. The third-order valence-electron chi connectivity index (χ3n) is 6.10. The SMILES string of the molecule is CN1CCN(c2ccc(Cl)cc2NC(=O)c2cccc(S(=O)(=O)N3CCCCC3)c2)CC1. The van der Waals surface area contributed by atoms with E-state index in [9.17, 15) is 13.2 Å². The second-order valence-electron chi connectivity index (χ2n) is 8.40. The molecule has 0 atom stereocenters. The number of nitrogens with zero attached hydrogens (tertiary/aromatic N) is 3. The van der Waals surface area contributed by atoms with Gasteiger partial charge in [-0.15, -0.1) is 0 Å². The number of rotatable bonds is 5. The third kappa shape index (κ3) is 5.09. The standard InChI is InChI=1S/C23H29ClN4O3S/c1-26-12-14-27(15-13-26)22-9-8-19(24)17-21(22)25-23(29)18-6-5-7-20(16-18)32(30,31)28-10-3-2-4-11-28/h5-9,16-17H,2-4,10-15H2,1H3,(H,25,29). The number of piperazine rings is 1. The van der Waals surface area contributed by atoms with Gasteiger partial charge in [-0.3, -0.25) is 4.79 Å². The zero-order valence-corrected chi connectivity index (χ0v) is 19.8. The Balaban J connectivity index is 1.56. The molecule has 1 amide bonds. The number of piperidine rings is 1. The molecule has 2 aromatic rings. The first kappa shape index (κ1) is 23.0. The van der Waals surface area contributed by atoms with Crippen molar-refractivity contribution >= 4 is 38.9 Å². The molecule has 1 N–H and O–H groups in total. The summed E-state index contributed by atoms with van der Waals surface area (Å²) in [6.07, 6.45) is 2.77. The van der Waals surface area contributed by atoms with Gasteiger partial charge >= 0.3 is 0 Å². The Bertz CT molecular complexity index is 1080. The molecule has 2 aliphatic heterocycles. The Morgan fingerprint density at radius 3 is 2.38 bits per heavy atom. The number of halogens is 1. The van der Waals surface area contributed by atoms with Crippen LogP contribution in [0.1, 0.15) is 29.6 Å². The first-order valence-corrected chi connectivity index (χ1v) is 12.8. The zero-order valence-electron chi connectivity index (χ0n) is 18.3. The molecule has 9 heteroatoms. The number of anilines is 2. The van der Waals surface area contributed by atoms with Crippen molar-refractivity contribution in [2.24, 2.45) is 0 Å². The molecule has 2 aliphatic rings. The molecule has 2 saturated heterocycles. The van der Waals surface area contributed by atoms with Crippen molar-refractivity contribution in [2.45, 2.75) is 24.2 Å². The summed E-state index contributed by atoms with van der Waals surface area (Å²) in [5, 5.41) is 3.47. The van der Waals surface area contributed by atoms with Gasteiger partial charge < -0.3 is 15.1 Å². The fraction of sp³-hybridized carbons (Fsp3) is 0.435. The summed E-state index contributed by atoms with van der Waals surface area (Å²) in [4.78, 5) is 17.7. The van der Waals surface area contributed by atoms with Gasteiger partial charge in [0.05, 0.1) is 16.3 Å². The Hall–Kier alpha value is -2.13. The van der Waals surface area contributed by atoms with Gasteiger partial charge in [-0.2, -0.15) is 4.31 Å². The Labute approximate surface area is 195 Å². The maximum atomic E-state index is 13.1. The molecule has 172 valence electrons. The van der Waals surface area contributed by atoms with Gasteiger partial charge in [0.1, 0.15) is 0 Å². The fourth-order valence-electron chi connectivity index (χ4n) is 4.18. The monoisotopic (exact) mass is 476 g/mol. The predicted molar refractivity (Wildman–Crippen MR) is 128 cm³/mol. The Kier molecular flexibility index (Phi) is 7.05. The number of sulfonamides is 1. The average Bonchev–Trinajstić information content (AvgIpc) is 2.80. The molecular formula is C23H29ClN4O3S. The maximum absolute atomic E-state index is 13.1. The van der Waals surface area contributed by atoms with E-state index < -0.39 is 10.0 Å². The van der Waals surface area contributed by atoms with Crippen LogP contribution < -0.4 is 10.2 Å². The van der Waals surface area contributed by atoms with Crippen molar-refractivity contribution < 1.29 is 13.2 Å². The van der Waals surface area contributed by atoms with Gasteiger partial charge in [0.15, 0.2) is 0 Å². The smallest absolute Gasteiger partial charge is 0.255 e. The van der Waals surface area contributed by atoms with Crippen molar-refractivity contribution in [3.63, 3.8) is 0 Å². The van der Waals surface area contributed by atoms with Crippen LogP contribution in [0, 0.1) is 0 Å². The highest BCUT2D eigenvalue weighted by Crippen LogP contribution is 2.31. The van der Waals surface area contributed by atoms with E-state index in [4.69, 9.17) is 11.6 Å². The molecule has 0 unspecified atom stereocenters. The van der Waals surface area contributed by atoms with E-state index in [0.717, 1.165) is 51.1 Å². The summed E-state index contributed by atoms with van der Waals surface area (Å²) in [6.45, 7) is 4.62. The van der Waals surface area contributed by atoms with Crippen LogP contribution in [-0.4, -0.2) is 69.8 Å². The van der Waals surface area contributed by atoms with E-state index in [2.05, 4.69) is 22.2 Å². The molecule has 2 fully saturated rings. The van der Waals surface area contributed by atoms with E-state index in [1.807, 2.05) is 12.1 Å². The summed E-state index contributed by atoms with van der Waals surface area (Å²) in [5.74, 6) is -0.363. The van der Waals surface area contributed by atoms with Gasteiger partial charge in [0.25, 0.3) is 5.91 Å². The summed E-state index contributed by atoms with van der Waals surface area (Å²) in [5.41, 5.74) is 1.83. The normalized spacial score (nSPS) is 18.5. The molecule has 2 aromatic carbocycles. The number of carbonyl (C=O) groups excluding carboxylic acids is 1. The minimum absolute atomic E-state index is 0.150. The number of likely N-dealkylation sites (N-methyl/N-ethyl adjacent to an activating group) is 1. The minimum Gasteiger partial charge on any atom is -0.367 e. The quantitative estimate of drug-likeness (QED) is 0.714. The highest BCUT2D eigenvalue weighted by atomic mass is 35.5. The lowest BCUT2D eigenvalue weighted by atomic mass is 10.1. The molecule has 0 aromatic heterocycles. The molecule has 7 nitrogen and oxygen atoms in total. The van der Waals surface area contributed by atoms with Crippen LogP contribution >= 0.6 is 11.6 Å². The molecule has 4 rings (SSSR count). The van der Waals surface area contributed by atoms with E-state index in [1.54, 1.807) is 24.3 Å². The molecular weight excluding hydrogens is 448 g/mol. The van der Waals surface area contributed by atoms with Crippen molar-refractivity contribution in [1.29, 1.82) is 0 Å². The van der Waals surface area contributed by atoms with Crippen LogP contribution in [0.2, 0.25) is 5.02 Å². The Morgan fingerprint density at radius 1 is 0.938 bits per heavy atom. The van der Waals surface area contributed by atoms with E-state index in [0.29, 0.717) is 29.4 Å². The lowest BCUT2D eigenvalue weighted by molar-refractivity contribution is 0.102. The zero-order chi connectivity index (χ0) is 22.7. The van der Waals surface area contributed by atoms with Crippen LogP contribution in [0.15, 0.2) is 47.4 Å². The molecule has 0 saturated carbocycles. The average molecular weight is 477 g/mol. The summed E-state index contributed by atoms with van der Waals surface area (Å²) >= 11 is 6.22. The number of benzene rings is 2. The minimum atomic E-state index is -3.61. The van der Waals surface area contributed by atoms with Crippen LogP contribution in [0.25, 0.3) is 0 Å². The van der Waals surface area contributed by atoms with Crippen molar-refractivity contribution in [1.82, 2.24) is 9.21 Å². The summed E-state index contributed by atoms with van der Waals surface area (Å²) in [7, 11) is -1.52. The lowest BCUT2D eigenvalue weighted by Crippen LogP contribution is -2.44. The second kappa shape index (κ2) is 9.79. The van der Waals surface area contributed by atoms with Gasteiger partial charge in [-0.25, -0.2) is 8.42 Å². The number of carbonyl (C=O) groups is 1. The molecule has 0 radical (unpaired) electrons. The molecule has 2 heterocycles. The summed E-state index contributed by atoms with van der Waals surface area (Å²) < 4.78 is 27.5. The first-order valence-electron chi connectivity index (χ1n) is 11.0. The molecule has 0 bridgehead atoms. The van der Waals surface area contributed by atoms with E-state index in [-0.39, 0.29) is 10.8 Å². The van der Waals surface area contributed by atoms with Crippen LogP contribution in [-0.2, 0) is 10.0 Å².